The Morgan fingerprint density at radius 1 is 0.931 bits per heavy atom. The number of halogens is 2. The summed E-state index contributed by atoms with van der Waals surface area (Å²) >= 11 is 12.0. The lowest BCUT2D eigenvalue weighted by Gasteiger charge is -2.13. The van der Waals surface area contributed by atoms with Gasteiger partial charge in [0, 0.05) is 22.1 Å². The van der Waals surface area contributed by atoms with Crippen molar-refractivity contribution < 1.29 is 4.79 Å². The van der Waals surface area contributed by atoms with Crippen molar-refractivity contribution in [2.75, 3.05) is 10.6 Å². The molecule has 0 spiro atoms. The van der Waals surface area contributed by atoms with Crippen molar-refractivity contribution >= 4 is 52.5 Å². The van der Waals surface area contributed by atoms with E-state index in [4.69, 9.17) is 23.2 Å². The molecule has 9 heteroatoms. The maximum Gasteiger partial charge on any atom is 0.326 e. The molecular weight excluding hydrogens is 411 g/mol. The molecule has 0 radical (unpaired) electrons. The van der Waals surface area contributed by atoms with Crippen LogP contribution in [-0.2, 0) is 0 Å². The SMILES string of the molecule is Cc1cc(C)nc(N=C(NC(=O)Nc2ccc(Cl)cc2Cl)Nc2ccccc2)n1. The summed E-state index contributed by atoms with van der Waals surface area (Å²) in [6, 6.07) is 15.4. The number of amides is 2. The van der Waals surface area contributed by atoms with Crippen molar-refractivity contribution in [3.63, 3.8) is 0 Å². The molecule has 1 heterocycles. The first-order valence-electron chi connectivity index (χ1n) is 8.65. The molecule has 0 atom stereocenters. The molecule has 1 aromatic heterocycles. The summed E-state index contributed by atoms with van der Waals surface area (Å²) < 4.78 is 0. The number of aliphatic imine (C=N–C) groups is 1. The lowest BCUT2D eigenvalue weighted by atomic mass is 10.3. The van der Waals surface area contributed by atoms with Crippen molar-refractivity contribution in [2.24, 2.45) is 4.99 Å². The van der Waals surface area contributed by atoms with E-state index in [2.05, 4.69) is 30.9 Å². The molecule has 0 aliphatic heterocycles. The summed E-state index contributed by atoms with van der Waals surface area (Å²) in [6.07, 6.45) is 0. The number of carbonyl (C=O) groups is 1. The van der Waals surface area contributed by atoms with E-state index < -0.39 is 6.03 Å². The van der Waals surface area contributed by atoms with E-state index in [1.54, 1.807) is 18.2 Å². The van der Waals surface area contributed by atoms with Gasteiger partial charge < -0.3 is 10.6 Å². The van der Waals surface area contributed by atoms with E-state index >= 15 is 0 Å². The van der Waals surface area contributed by atoms with Crippen LogP contribution in [0.2, 0.25) is 10.0 Å². The molecule has 3 rings (SSSR count). The van der Waals surface area contributed by atoms with Crippen LogP contribution in [0.5, 0.6) is 0 Å². The zero-order valence-corrected chi connectivity index (χ0v) is 17.2. The number of nitrogens with one attached hydrogen (secondary N) is 3. The first-order chi connectivity index (χ1) is 13.9. The smallest absolute Gasteiger partial charge is 0.326 e. The second kappa shape index (κ2) is 9.36. The van der Waals surface area contributed by atoms with E-state index in [1.165, 1.54) is 0 Å². The Morgan fingerprint density at radius 3 is 2.28 bits per heavy atom. The molecule has 0 aliphatic rings. The number of aryl methyl sites for hydroxylation is 2. The van der Waals surface area contributed by atoms with Crippen LogP contribution in [0.4, 0.5) is 22.1 Å². The second-order valence-corrected chi connectivity index (χ2v) is 6.95. The summed E-state index contributed by atoms with van der Waals surface area (Å²) in [5.74, 6) is 0.384. The molecule has 0 fully saturated rings. The van der Waals surface area contributed by atoms with E-state index in [9.17, 15) is 4.79 Å². The van der Waals surface area contributed by atoms with E-state index in [-0.39, 0.29) is 11.9 Å². The van der Waals surface area contributed by atoms with Gasteiger partial charge in [-0.05, 0) is 50.2 Å². The fraction of sp³-hybridized carbons (Fsp3) is 0.100. The predicted octanol–water partition coefficient (Wildman–Crippen LogP) is 5.32. The average molecular weight is 429 g/mol. The molecule has 3 aromatic rings. The summed E-state index contributed by atoms with van der Waals surface area (Å²) in [6.45, 7) is 3.70. The third kappa shape index (κ3) is 6.17. The third-order valence-electron chi connectivity index (χ3n) is 3.63. The van der Waals surface area contributed by atoms with Crippen LogP contribution in [0.1, 0.15) is 11.4 Å². The first-order valence-corrected chi connectivity index (χ1v) is 9.41. The highest BCUT2D eigenvalue weighted by molar-refractivity contribution is 6.36. The number of para-hydroxylation sites is 1. The number of guanidine groups is 1. The third-order valence-corrected chi connectivity index (χ3v) is 4.18. The highest BCUT2D eigenvalue weighted by Crippen LogP contribution is 2.25. The number of hydrogen-bond acceptors (Lipinski definition) is 4. The van der Waals surface area contributed by atoms with E-state index in [1.807, 2.05) is 50.2 Å². The Bertz CT molecular complexity index is 1040. The Kier molecular flexibility index (Phi) is 6.64. The van der Waals surface area contributed by atoms with E-state index in [0.717, 1.165) is 17.1 Å². The minimum atomic E-state index is -0.541. The zero-order valence-electron chi connectivity index (χ0n) is 15.7. The summed E-state index contributed by atoms with van der Waals surface area (Å²) in [5, 5.41) is 9.16. The number of carbonyl (C=O) groups excluding carboxylic acids is 1. The number of urea groups is 1. The highest BCUT2D eigenvalue weighted by atomic mass is 35.5. The van der Waals surface area contributed by atoms with Crippen LogP contribution >= 0.6 is 23.2 Å². The van der Waals surface area contributed by atoms with Crippen LogP contribution in [0, 0.1) is 13.8 Å². The largest absolute Gasteiger partial charge is 0.326 e. The van der Waals surface area contributed by atoms with Gasteiger partial charge in [-0.3, -0.25) is 5.32 Å². The standard InChI is InChI=1S/C20H18Cl2N6O/c1-12-10-13(2)24-18(23-12)27-19(25-15-6-4-3-5-7-15)28-20(29)26-17-9-8-14(21)11-16(17)22/h3-11H,1-2H3,(H3,23,24,25,26,27,28,29). The Labute approximate surface area is 178 Å². The van der Waals surface area contributed by atoms with Gasteiger partial charge >= 0.3 is 6.03 Å². The zero-order chi connectivity index (χ0) is 20.8. The Balaban J connectivity index is 1.84. The molecule has 0 saturated carbocycles. The van der Waals surface area contributed by atoms with Crippen LogP contribution in [0.3, 0.4) is 0 Å². The van der Waals surface area contributed by atoms with Gasteiger partial charge in [-0.25, -0.2) is 14.8 Å². The fourth-order valence-electron chi connectivity index (χ4n) is 2.45. The molecule has 2 aromatic carbocycles. The van der Waals surface area contributed by atoms with Crippen LogP contribution in [0.25, 0.3) is 0 Å². The topological polar surface area (TPSA) is 91.3 Å². The van der Waals surface area contributed by atoms with Crippen molar-refractivity contribution in [3.8, 4) is 0 Å². The molecule has 7 nitrogen and oxygen atoms in total. The first kappa shape index (κ1) is 20.6. The number of hydrogen-bond donors (Lipinski definition) is 3. The van der Waals surface area contributed by atoms with Gasteiger partial charge in [-0.1, -0.05) is 41.4 Å². The minimum Gasteiger partial charge on any atom is -0.326 e. The minimum absolute atomic E-state index is 0.156. The molecule has 0 aliphatic carbocycles. The number of benzene rings is 2. The summed E-state index contributed by atoms with van der Waals surface area (Å²) in [5.41, 5.74) is 2.69. The van der Waals surface area contributed by atoms with Gasteiger partial charge in [0.1, 0.15) is 0 Å². The van der Waals surface area contributed by atoms with Gasteiger partial charge in [-0.2, -0.15) is 4.99 Å². The molecule has 2 amide bonds. The Hall–Kier alpha value is -3.16. The van der Waals surface area contributed by atoms with Crippen molar-refractivity contribution in [1.82, 2.24) is 15.3 Å². The van der Waals surface area contributed by atoms with E-state index in [0.29, 0.717) is 15.7 Å². The fourth-order valence-corrected chi connectivity index (χ4v) is 2.91. The maximum absolute atomic E-state index is 12.5. The summed E-state index contributed by atoms with van der Waals surface area (Å²) in [7, 11) is 0. The van der Waals surface area contributed by atoms with Gasteiger partial charge in [0.15, 0.2) is 0 Å². The quantitative estimate of drug-likeness (QED) is 0.388. The van der Waals surface area contributed by atoms with Crippen LogP contribution in [0.15, 0.2) is 59.6 Å². The number of nitrogens with zero attached hydrogens (tertiary/aromatic N) is 3. The molecule has 0 unspecified atom stereocenters. The monoisotopic (exact) mass is 428 g/mol. The van der Waals surface area contributed by atoms with Gasteiger partial charge in [-0.15, -0.1) is 0 Å². The van der Waals surface area contributed by atoms with Crippen molar-refractivity contribution in [1.29, 1.82) is 0 Å². The lowest BCUT2D eigenvalue weighted by Crippen LogP contribution is -2.38. The second-order valence-electron chi connectivity index (χ2n) is 6.11. The normalized spacial score (nSPS) is 11.1. The van der Waals surface area contributed by atoms with Crippen LogP contribution < -0.4 is 16.0 Å². The molecule has 0 bridgehead atoms. The molecule has 29 heavy (non-hydrogen) atoms. The van der Waals surface area contributed by atoms with Gasteiger partial charge in [0.2, 0.25) is 5.96 Å². The predicted molar refractivity (Wildman–Crippen MR) is 117 cm³/mol. The number of rotatable bonds is 3. The number of aromatic nitrogens is 2. The van der Waals surface area contributed by atoms with Crippen LogP contribution in [-0.4, -0.2) is 22.0 Å². The lowest BCUT2D eigenvalue weighted by molar-refractivity contribution is 0.256. The maximum atomic E-state index is 12.5. The van der Waals surface area contributed by atoms with Crippen molar-refractivity contribution in [3.05, 3.63) is 76.0 Å². The molecule has 3 N–H and O–H groups in total. The van der Waals surface area contributed by atoms with Crippen molar-refractivity contribution in [2.45, 2.75) is 13.8 Å². The van der Waals surface area contributed by atoms with Gasteiger partial charge in [0.05, 0.1) is 10.7 Å². The Morgan fingerprint density at radius 2 is 1.62 bits per heavy atom. The molecule has 0 saturated heterocycles. The average Bonchev–Trinajstić information content (AvgIpc) is 2.64. The number of anilines is 2. The summed E-state index contributed by atoms with van der Waals surface area (Å²) in [4.78, 5) is 25.4. The highest BCUT2D eigenvalue weighted by Gasteiger charge is 2.11. The van der Waals surface area contributed by atoms with Gasteiger partial charge in [0.25, 0.3) is 5.95 Å². The molecular formula is C20H18Cl2N6O. The molecule has 148 valence electrons.